The van der Waals surface area contributed by atoms with E-state index >= 15 is 0 Å². The standard InChI is InChI=1S/C13H20N4O2/c1-2-10-9-11(16-15-10)13(19)14-6-5-12(18)17-7-3-4-8-17/h9H,2-8H2,1H3,(H,14,19)(H,15,16). The maximum atomic E-state index is 11.8. The third-order valence-electron chi connectivity index (χ3n) is 3.33. The molecule has 0 aliphatic carbocycles. The number of aryl methyl sites for hydroxylation is 1. The average molecular weight is 264 g/mol. The minimum absolute atomic E-state index is 0.120. The number of likely N-dealkylation sites (tertiary alicyclic amines) is 1. The van der Waals surface area contributed by atoms with Crippen LogP contribution in [0.15, 0.2) is 6.07 Å². The fourth-order valence-electron chi connectivity index (χ4n) is 2.16. The first-order valence-corrected chi connectivity index (χ1v) is 6.81. The van der Waals surface area contributed by atoms with E-state index in [1.807, 2.05) is 11.8 Å². The Bertz CT molecular complexity index is 449. The number of carbonyl (C=O) groups is 2. The van der Waals surface area contributed by atoms with E-state index in [9.17, 15) is 9.59 Å². The number of carbonyl (C=O) groups excluding carboxylic acids is 2. The molecule has 6 heteroatoms. The van der Waals surface area contributed by atoms with Crippen molar-refractivity contribution in [2.45, 2.75) is 32.6 Å². The molecular formula is C13H20N4O2. The van der Waals surface area contributed by atoms with Crippen molar-refractivity contribution in [1.82, 2.24) is 20.4 Å². The molecule has 104 valence electrons. The molecular weight excluding hydrogens is 244 g/mol. The predicted molar refractivity (Wildman–Crippen MR) is 70.7 cm³/mol. The van der Waals surface area contributed by atoms with Crippen LogP contribution in [0, 0.1) is 0 Å². The van der Waals surface area contributed by atoms with Crippen LogP contribution in [0.5, 0.6) is 0 Å². The van der Waals surface area contributed by atoms with Crippen LogP contribution in [0.25, 0.3) is 0 Å². The quantitative estimate of drug-likeness (QED) is 0.822. The maximum Gasteiger partial charge on any atom is 0.271 e. The zero-order chi connectivity index (χ0) is 13.7. The van der Waals surface area contributed by atoms with Crippen molar-refractivity contribution in [3.63, 3.8) is 0 Å². The summed E-state index contributed by atoms with van der Waals surface area (Å²) in [7, 11) is 0. The summed E-state index contributed by atoms with van der Waals surface area (Å²) in [5.41, 5.74) is 1.31. The summed E-state index contributed by atoms with van der Waals surface area (Å²) in [6.07, 6.45) is 3.35. The van der Waals surface area contributed by atoms with E-state index in [1.54, 1.807) is 6.07 Å². The summed E-state index contributed by atoms with van der Waals surface area (Å²) in [5, 5.41) is 9.45. The Kier molecular flexibility index (Phi) is 4.54. The molecule has 0 aromatic carbocycles. The first kappa shape index (κ1) is 13.6. The van der Waals surface area contributed by atoms with Crippen LogP contribution in [0.3, 0.4) is 0 Å². The van der Waals surface area contributed by atoms with Gasteiger partial charge in [-0.2, -0.15) is 5.10 Å². The van der Waals surface area contributed by atoms with Gasteiger partial charge in [-0.15, -0.1) is 0 Å². The number of hydrogen-bond donors (Lipinski definition) is 2. The van der Waals surface area contributed by atoms with Crippen molar-refractivity contribution in [3.8, 4) is 0 Å². The normalized spacial score (nSPS) is 14.7. The topological polar surface area (TPSA) is 78.1 Å². The summed E-state index contributed by atoms with van der Waals surface area (Å²) in [4.78, 5) is 25.4. The fourth-order valence-corrected chi connectivity index (χ4v) is 2.16. The third kappa shape index (κ3) is 3.56. The number of rotatable bonds is 5. The number of nitrogens with zero attached hydrogens (tertiary/aromatic N) is 2. The van der Waals surface area contributed by atoms with E-state index in [4.69, 9.17) is 0 Å². The minimum atomic E-state index is -0.231. The Hall–Kier alpha value is -1.85. The Morgan fingerprint density at radius 1 is 1.42 bits per heavy atom. The number of H-pyrrole nitrogens is 1. The fraction of sp³-hybridized carbons (Fsp3) is 0.615. The predicted octanol–water partition coefficient (Wildman–Crippen LogP) is 0.714. The second-order valence-corrected chi connectivity index (χ2v) is 4.73. The first-order valence-electron chi connectivity index (χ1n) is 6.81. The average Bonchev–Trinajstić information content (AvgIpc) is 3.09. The highest BCUT2D eigenvalue weighted by Crippen LogP contribution is 2.08. The summed E-state index contributed by atoms with van der Waals surface area (Å²) >= 11 is 0. The van der Waals surface area contributed by atoms with Gasteiger partial charge in [0.05, 0.1) is 0 Å². The molecule has 1 aliphatic heterocycles. The molecule has 0 saturated carbocycles. The van der Waals surface area contributed by atoms with Crippen LogP contribution in [0.4, 0.5) is 0 Å². The van der Waals surface area contributed by atoms with Crippen molar-refractivity contribution in [2.24, 2.45) is 0 Å². The molecule has 0 bridgehead atoms. The van der Waals surface area contributed by atoms with E-state index in [2.05, 4.69) is 15.5 Å². The van der Waals surface area contributed by atoms with Gasteiger partial charge in [0, 0.05) is 31.7 Å². The van der Waals surface area contributed by atoms with E-state index in [-0.39, 0.29) is 11.8 Å². The number of aromatic nitrogens is 2. The van der Waals surface area contributed by atoms with Crippen molar-refractivity contribution in [3.05, 3.63) is 17.5 Å². The molecule has 1 aromatic heterocycles. The van der Waals surface area contributed by atoms with Crippen LogP contribution < -0.4 is 5.32 Å². The van der Waals surface area contributed by atoms with Gasteiger partial charge in [0.2, 0.25) is 5.91 Å². The number of amides is 2. The van der Waals surface area contributed by atoms with Gasteiger partial charge in [0.25, 0.3) is 5.91 Å². The van der Waals surface area contributed by atoms with Crippen LogP contribution >= 0.6 is 0 Å². The van der Waals surface area contributed by atoms with Crippen molar-refractivity contribution in [2.75, 3.05) is 19.6 Å². The zero-order valence-corrected chi connectivity index (χ0v) is 11.2. The second-order valence-electron chi connectivity index (χ2n) is 4.73. The van der Waals surface area contributed by atoms with Crippen LogP contribution in [-0.2, 0) is 11.2 Å². The highest BCUT2D eigenvalue weighted by Gasteiger charge is 2.17. The Morgan fingerprint density at radius 3 is 2.79 bits per heavy atom. The molecule has 0 atom stereocenters. The van der Waals surface area contributed by atoms with Gasteiger partial charge in [-0.25, -0.2) is 0 Å². The molecule has 0 radical (unpaired) electrons. The van der Waals surface area contributed by atoms with Crippen molar-refractivity contribution >= 4 is 11.8 Å². The molecule has 19 heavy (non-hydrogen) atoms. The lowest BCUT2D eigenvalue weighted by molar-refractivity contribution is -0.129. The molecule has 2 amide bonds. The molecule has 1 aromatic rings. The van der Waals surface area contributed by atoms with Crippen molar-refractivity contribution in [1.29, 1.82) is 0 Å². The van der Waals surface area contributed by atoms with E-state index in [0.717, 1.165) is 38.0 Å². The largest absolute Gasteiger partial charge is 0.350 e. The summed E-state index contributed by atoms with van der Waals surface area (Å²) in [5.74, 6) is -0.112. The number of hydrogen-bond acceptors (Lipinski definition) is 3. The SMILES string of the molecule is CCc1cc(C(=O)NCCC(=O)N2CCCC2)n[nH]1. The van der Waals surface area contributed by atoms with Gasteiger partial charge in [0.15, 0.2) is 0 Å². The van der Waals surface area contributed by atoms with Gasteiger partial charge in [-0.05, 0) is 25.3 Å². The molecule has 1 aliphatic rings. The molecule has 1 fully saturated rings. The summed E-state index contributed by atoms with van der Waals surface area (Å²) in [6, 6.07) is 1.73. The second kappa shape index (κ2) is 6.36. The Balaban J connectivity index is 1.72. The van der Waals surface area contributed by atoms with Crippen molar-refractivity contribution < 1.29 is 9.59 Å². The molecule has 2 N–H and O–H groups in total. The first-order chi connectivity index (χ1) is 9.20. The van der Waals surface area contributed by atoms with E-state index < -0.39 is 0 Å². The van der Waals surface area contributed by atoms with Crippen LogP contribution in [0.1, 0.15) is 42.4 Å². The lowest BCUT2D eigenvalue weighted by Crippen LogP contribution is -2.32. The molecule has 2 rings (SSSR count). The lowest BCUT2D eigenvalue weighted by Gasteiger charge is -2.14. The van der Waals surface area contributed by atoms with Gasteiger partial charge in [-0.1, -0.05) is 6.92 Å². The van der Waals surface area contributed by atoms with Gasteiger partial charge < -0.3 is 10.2 Å². The van der Waals surface area contributed by atoms with Gasteiger partial charge in [0.1, 0.15) is 5.69 Å². The van der Waals surface area contributed by atoms with E-state index in [0.29, 0.717) is 18.7 Å². The monoisotopic (exact) mass is 264 g/mol. The summed E-state index contributed by atoms with van der Waals surface area (Å²) in [6.45, 7) is 4.06. The summed E-state index contributed by atoms with van der Waals surface area (Å²) < 4.78 is 0. The highest BCUT2D eigenvalue weighted by molar-refractivity contribution is 5.92. The number of aromatic amines is 1. The lowest BCUT2D eigenvalue weighted by atomic mass is 10.3. The van der Waals surface area contributed by atoms with Crippen LogP contribution in [0.2, 0.25) is 0 Å². The van der Waals surface area contributed by atoms with Gasteiger partial charge in [-0.3, -0.25) is 14.7 Å². The van der Waals surface area contributed by atoms with E-state index in [1.165, 1.54) is 0 Å². The highest BCUT2D eigenvalue weighted by atomic mass is 16.2. The molecule has 6 nitrogen and oxygen atoms in total. The molecule has 0 unspecified atom stereocenters. The zero-order valence-electron chi connectivity index (χ0n) is 11.2. The molecule has 0 spiro atoms. The minimum Gasteiger partial charge on any atom is -0.350 e. The van der Waals surface area contributed by atoms with Crippen LogP contribution in [-0.4, -0.2) is 46.5 Å². The smallest absolute Gasteiger partial charge is 0.271 e. The molecule has 2 heterocycles. The molecule has 1 saturated heterocycles. The van der Waals surface area contributed by atoms with Gasteiger partial charge >= 0.3 is 0 Å². The number of nitrogens with one attached hydrogen (secondary N) is 2. The Morgan fingerprint density at radius 2 is 2.16 bits per heavy atom. The Labute approximate surface area is 112 Å². The third-order valence-corrected chi connectivity index (χ3v) is 3.33. The maximum absolute atomic E-state index is 11.8.